The number of hydrogen-bond donors (Lipinski definition) is 2. The van der Waals surface area contributed by atoms with Crippen LogP contribution in [0.15, 0.2) is 43.0 Å². The molecular formula is C29H38O8. The topological polar surface area (TPSA) is 119 Å². The van der Waals surface area contributed by atoms with Crippen molar-refractivity contribution in [2.45, 2.75) is 95.9 Å². The van der Waals surface area contributed by atoms with E-state index in [0.29, 0.717) is 18.4 Å². The van der Waals surface area contributed by atoms with Crippen molar-refractivity contribution in [2.24, 2.45) is 16.7 Å². The Morgan fingerprint density at radius 3 is 2.30 bits per heavy atom. The second-order valence-electron chi connectivity index (χ2n) is 12.1. The number of carbonyl (C=O) groups excluding carboxylic acids is 3. The number of carbonyl (C=O) groups is 3. The van der Waals surface area contributed by atoms with Crippen LogP contribution in [-0.4, -0.2) is 63.0 Å². The lowest BCUT2D eigenvalue weighted by Crippen LogP contribution is -2.87. The number of aliphatic hydroxyl groups excluding tert-OH is 1. The molecule has 1 saturated heterocycles. The van der Waals surface area contributed by atoms with Gasteiger partial charge in [0.25, 0.3) is 0 Å². The molecule has 0 bridgehead atoms. The molecule has 3 fully saturated rings. The minimum Gasteiger partial charge on any atom is -0.458 e. The minimum absolute atomic E-state index is 0.187. The molecule has 8 atom stereocenters. The van der Waals surface area contributed by atoms with Gasteiger partial charge in [-0.3, -0.25) is 9.59 Å². The molecule has 0 aromatic heterocycles. The second-order valence-corrected chi connectivity index (χ2v) is 12.1. The van der Waals surface area contributed by atoms with Crippen molar-refractivity contribution in [2.75, 3.05) is 0 Å². The zero-order valence-electron chi connectivity index (χ0n) is 22.4. The molecule has 0 radical (unpaired) electrons. The van der Waals surface area contributed by atoms with Gasteiger partial charge in [0.1, 0.15) is 11.7 Å². The highest BCUT2D eigenvalue weighted by molar-refractivity contribution is 5.93. The van der Waals surface area contributed by atoms with Gasteiger partial charge in [-0.05, 0) is 44.2 Å². The van der Waals surface area contributed by atoms with Crippen molar-refractivity contribution in [3.8, 4) is 0 Å². The van der Waals surface area contributed by atoms with Gasteiger partial charge in [-0.1, -0.05) is 45.0 Å². The first-order valence-corrected chi connectivity index (χ1v) is 12.8. The molecule has 0 unspecified atom stereocenters. The lowest BCUT2D eigenvalue weighted by atomic mass is 9.39. The number of rotatable bonds is 4. The molecule has 4 rings (SSSR count). The summed E-state index contributed by atoms with van der Waals surface area (Å²) in [5.41, 5.74) is -7.08. The predicted molar refractivity (Wildman–Crippen MR) is 134 cm³/mol. The van der Waals surface area contributed by atoms with E-state index in [1.807, 2.05) is 13.8 Å². The molecule has 1 aromatic carbocycles. The van der Waals surface area contributed by atoms with Crippen LogP contribution >= 0.6 is 0 Å². The highest BCUT2D eigenvalue weighted by Crippen LogP contribution is 2.67. The molecule has 1 aromatic rings. The summed E-state index contributed by atoms with van der Waals surface area (Å²) in [5.74, 6) is -2.60. The summed E-state index contributed by atoms with van der Waals surface area (Å²) in [6.07, 6.45) is -1.45. The molecule has 0 spiro atoms. The van der Waals surface area contributed by atoms with Crippen LogP contribution in [0.3, 0.4) is 0 Å². The van der Waals surface area contributed by atoms with Crippen molar-refractivity contribution < 1.29 is 38.8 Å². The Kier molecular flexibility index (Phi) is 6.50. The van der Waals surface area contributed by atoms with Crippen molar-refractivity contribution >= 4 is 17.7 Å². The largest absolute Gasteiger partial charge is 0.458 e. The molecule has 1 aliphatic heterocycles. The molecular weight excluding hydrogens is 476 g/mol. The van der Waals surface area contributed by atoms with Crippen LogP contribution in [0.4, 0.5) is 0 Å². The van der Waals surface area contributed by atoms with Crippen LogP contribution < -0.4 is 0 Å². The first-order valence-electron chi connectivity index (χ1n) is 12.8. The molecule has 37 heavy (non-hydrogen) atoms. The third kappa shape index (κ3) is 3.79. The third-order valence-electron chi connectivity index (χ3n) is 9.24. The number of benzene rings is 1. The van der Waals surface area contributed by atoms with Gasteiger partial charge in [-0.25, -0.2) is 4.79 Å². The fourth-order valence-corrected chi connectivity index (χ4v) is 7.59. The Balaban J connectivity index is 1.93. The summed E-state index contributed by atoms with van der Waals surface area (Å²) in [6, 6.07) is 8.48. The molecule has 2 N–H and O–H groups in total. The van der Waals surface area contributed by atoms with Crippen molar-refractivity contribution in [3.05, 3.63) is 48.6 Å². The standard InChI is InChI=1S/C29H38O8/c1-8-26(5)16-19(31)29(34)27(6)20(36-24(33)18-12-10-9-11-13-18)14-15-25(3,4)22(27)21(32)23(35-17(2)30)28(29,7)37-26/h8-13,20-23,32,34H,1,14-16H2,2-7H3/t20-,21-,22-,23-,26-,27-,28+,29-/m0/s1. The Labute approximate surface area is 218 Å². The zero-order valence-corrected chi connectivity index (χ0v) is 22.4. The minimum atomic E-state index is -2.27. The van der Waals surface area contributed by atoms with E-state index in [1.54, 1.807) is 44.2 Å². The predicted octanol–water partition coefficient (Wildman–Crippen LogP) is 3.38. The Bertz CT molecular complexity index is 1110. The van der Waals surface area contributed by atoms with Crippen LogP contribution in [0, 0.1) is 16.7 Å². The maximum absolute atomic E-state index is 14.1. The molecule has 8 nitrogen and oxygen atoms in total. The summed E-state index contributed by atoms with van der Waals surface area (Å²) in [7, 11) is 0. The summed E-state index contributed by atoms with van der Waals surface area (Å²) in [4.78, 5) is 39.5. The summed E-state index contributed by atoms with van der Waals surface area (Å²) in [5, 5.41) is 24.6. The number of ketones is 1. The molecule has 3 aliphatic rings. The van der Waals surface area contributed by atoms with E-state index in [1.165, 1.54) is 19.9 Å². The fraction of sp³-hybridized carbons (Fsp3) is 0.621. The number of ether oxygens (including phenoxy) is 3. The Hall–Kier alpha value is -2.55. The quantitative estimate of drug-likeness (QED) is 0.464. The fourth-order valence-electron chi connectivity index (χ4n) is 7.59. The molecule has 2 aliphatic carbocycles. The maximum Gasteiger partial charge on any atom is 0.338 e. The van der Waals surface area contributed by atoms with Crippen LogP contribution in [0.2, 0.25) is 0 Å². The van der Waals surface area contributed by atoms with E-state index in [-0.39, 0.29) is 6.42 Å². The van der Waals surface area contributed by atoms with Gasteiger partial charge in [-0.15, -0.1) is 6.58 Å². The zero-order chi connectivity index (χ0) is 27.6. The van der Waals surface area contributed by atoms with E-state index in [2.05, 4.69) is 6.58 Å². The average molecular weight is 515 g/mol. The first-order chi connectivity index (χ1) is 17.1. The lowest BCUT2D eigenvalue weighted by molar-refractivity contribution is -0.370. The van der Waals surface area contributed by atoms with Crippen molar-refractivity contribution in [1.29, 1.82) is 0 Å². The average Bonchev–Trinajstić information content (AvgIpc) is 2.82. The third-order valence-corrected chi connectivity index (χ3v) is 9.24. The Morgan fingerprint density at radius 1 is 1.11 bits per heavy atom. The SMILES string of the molecule is C=C[C@@]1(C)CC(=O)[C@]2(O)[C@@]3(C)[C@@H](OC(=O)c4ccccc4)CCC(C)(C)[C@@H]3[C@H](O)[C@H](OC(C)=O)[C@@]2(C)O1. The first kappa shape index (κ1) is 27.5. The van der Waals surface area contributed by atoms with Gasteiger partial charge in [0.05, 0.1) is 17.3 Å². The smallest absolute Gasteiger partial charge is 0.338 e. The van der Waals surface area contributed by atoms with Crippen molar-refractivity contribution in [1.82, 2.24) is 0 Å². The summed E-state index contributed by atoms with van der Waals surface area (Å²) < 4.78 is 18.1. The van der Waals surface area contributed by atoms with Gasteiger partial charge in [0.15, 0.2) is 17.5 Å². The normalized spacial score (nSPS) is 42.6. The van der Waals surface area contributed by atoms with Gasteiger partial charge < -0.3 is 24.4 Å². The van der Waals surface area contributed by atoms with Crippen molar-refractivity contribution in [3.63, 3.8) is 0 Å². The maximum atomic E-state index is 14.1. The highest BCUT2D eigenvalue weighted by atomic mass is 16.6. The molecule has 2 saturated carbocycles. The number of fused-ring (bicyclic) bond motifs is 3. The van der Waals surface area contributed by atoms with Crippen LogP contribution in [0.1, 0.15) is 71.2 Å². The van der Waals surface area contributed by atoms with E-state index in [0.717, 1.165) is 0 Å². The number of aliphatic hydroxyl groups is 2. The van der Waals surface area contributed by atoms with E-state index >= 15 is 0 Å². The monoisotopic (exact) mass is 514 g/mol. The molecule has 202 valence electrons. The van der Waals surface area contributed by atoms with Crippen LogP contribution in [0.5, 0.6) is 0 Å². The Morgan fingerprint density at radius 2 is 1.73 bits per heavy atom. The van der Waals surface area contributed by atoms with Crippen LogP contribution in [0.25, 0.3) is 0 Å². The number of hydrogen-bond acceptors (Lipinski definition) is 8. The molecule has 1 heterocycles. The van der Waals surface area contributed by atoms with E-state index in [4.69, 9.17) is 14.2 Å². The van der Waals surface area contributed by atoms with Gasteiger partial charge in [-0.2, -0.15) is 0 Å². The molecule has 8 heteroatoms. The molecule has 0 amide bonds. The second kappa shape index (κ2) is 8.75. The van der Waals surface area contributed by atoms with E-state index < -0.39 is 69.6 Å². The number of Topliss-reactive ketones (excluding diaryl/α,β-unsaturated/α-hetero) is 1. The van der Waals surface area contributed by atoms with E-state index in [9.17, 15) is 24.6 Å². The lowest BCUT2D eigenvalue weighted by Gasteiger charge is -2.71. The van der Waals surface area contributed by atoms with Gasteiger partial charge in [0.2, 0.25) is 0 Å². The highest BCUT2D eigenvalue weighted by Gasteiger charge is 2.82. The summed E-state index contributed by atoms with van der Waals surface area (Å²) in [6.45, 7) is 13.7. The van der Waals surface area contributed by atoms with Crippen LogP contribution in [-0.2, 0) is 23.8 Å². The number of esters is 2. The van der Waals surface area contributed by atoms with Gasteiger partial charge in [0, 0.05) is 24.7 Å². The van der Waals surface area contributed by atoms with Gasteiger partial charge >= 0.3 is 11.9 Å². The summed E-state index contributed by atoms with van der Waals surface area (Å²) >= 11 is 0.